The third kappa shape index (κ3) is 3.03. The number of hydrogen-bond donors (Lipinski definition) is 2. The number of carboxylic acid groups (broad SMARTS) is 1. The Hall–Kier alpha value is -3.60. The molecule has 2 aliphatic carbocycles. The number of amides is 1. The van der Waals surface area contributed by atoms with Gasteiger partial charge in [0, 0.05) is 5.92 Å². The number of rotatable bonds is 4. The predicted molar refractivity (Wildman–Crippen MR) is 113 cm³/mol. The first-order valence-corrected chi connectivity index (χ1v) is 10.1. The van der Waals surface area contributed by atoms with Crippen LogP contribution in [0.15, 0.2) is 66.7 Å². The number of carboxylic acids is 1. The fourth-order valence-electron chi connectivity index (χ4n) is 4.80. The van der Waals surface area contributed by atoms with Crippen LogP contribution in [0.2, 0.25) is 0 Å². The molecular formula is C25H21NO4. The van der Waals surface area contributed by atoms with Crippen molar-refractivity contribution in [2.45, 2.75) is 24.8 Å². The van der Waals surface area contributed by atoms with E-state index >= 15 is 0 Å². The van der Waals surface area contributed by atoms with Crippen LogP contribution in [0.3, 0.4) is 0 Å². The van der Waals surface area contributed by atoms with E-state index in [4.69, 9.17) is 4.74 Å². The molecule has 1 amide bonds. The molecule has 2 aliphatic rings. The van der Waals surface area contributed by atoms with Gasteiger partial charge < -0.3 is 15.2 Å². The molecule has 0 saturated carbocycles. The standard InChI is InChI=1S/C25H21NO4/c27-24(28)20-11-5-6-15-12-13-22(23(15)20)26-25(29)30-14-21-18-9-3-1-7-16(18)17-8-2-4-10-19(17)21/h1-11,21-22H,12-14H2,(H,26,29)(H,27,28). The van der Waals surface area contributed by atoms with Crippen LogP contribution >= 0.6 is 0 Å². The molecule has 30 heavy (non-hydrogen) atoms. The van der Waals surface area contributed by atoms with Crippen molar-refractivity contribution in [3.05, 3.63) is 94.5 Å². The van der Waals surface area contributed by atoms with Gasteiger partial charge in [-0.05, 0) is 52.3 Å². The Balaban J connectivity index is 1.32. The molecule has 1 unspecified atom stereocenters. The van der Waals surface area contributed by atoms with Crippen LogP contribution in [0.5, 0.6) is 0 Å². The molecule has 2 N–H and O–H groups in total. The average Bonchev–Trinajstić information content (AvgIpc) is 3.31. The maximum atomic E-state index is 12.6. The van der Waals surface area contributed by atoms with Gasteiger partial charge in [-0.15, -0.1) is 0 Å². The zero-order valence-corrected chi connectivity index (χ0v) is 16.3. The van der Waals surface area contributed by atoms with E-state index in [1.807, 2.05) is 30.3 Å². The van der Waals surface area contributed by atoms with Crippen molar-refractivity contribution < 1.29 is 19.4 Å². The van der Waals surface area contributed by atoms with Gasteiger partial charge >= 0.3 is 12.1 Å². The number of carbonyl (C=O) groups is 2. The summed E-state index contributed by atoms with van der Waals surface area (Å²) in [6.45, 7) is 0.236. The number of aryl methyl sites for hydroxylation is 1. The normalized spacial score (nSPS) is 16.5. The van der Waals surface area contributed by atoms with Crippen LogP contribution in [-0.4, -0.2) is 23.8 Å². The van der Waals surface area contributed by atoms with Crippen LogP contribution in [0.25, 0.3) is 11.1 Å². The summed E-state index contributed by atoms with van der Waals surface area (Å²) in [4.78, 5) is 24.2. The Kier molecular flexibility index (Phi) is 4.51. The molecule has 5 nitrogen and oxygen atoms in total. The molecule has 0 bridgehead atoms. The van der Waals surface area contributed by atoms with Crippen LogP contribution in [0.4, 0.5) is 4.79 Å². The second-order valence-electron chi connectivity index (χ2n) is 7.74. The minimum Gasteiger partial charge on any atom is -0.478 e. The molecule has 0 aromatic heterocycles. The number of aromatic carboxylic acids is 1. The molecule has 3 aromatic carbocycles. The first kappa shape index (κ1) is 18.4. The van der Waals surface area contributed by atoms with Crippen molar-refractivity contribution in [1.29, 1.82) is 0 Å². The molecule has 150 valence electrons. The number of benzene rings is 3. The van der Waals surface area contributed by atoms with Crippen molar-refractivity contribution in [3.8, 4) is 11.1 Å². The Morgan fingerprint density at radius 2 is 1.60 bits per heavy atom. The smallest absolute Gasteiger partial charge is 0.407 e. The Labute approximate surface area is 174 Å². The van der Waals surface area contributed by atoms with E-state index in [0.29, 0.717) is 12.0 Å². The van der Waals surface area contributed by atoms with E-state index in [0.717, 1.165) is 23.1 Å². The van der Waals surface area contributed by atoms with Gasteiger partial charge in [-0.2, -0.15) is 0 Å². The molecule has 0 fully saturated rings. The number of fused-ring (bicyclic) bond motifs is 4. The van der Waals surface area contributed by atoms with E-state index in [-0.39, 0.29) is 24.1 Å². The maximum Gasteiger partial charge on any atom is 0.407 e. The molecule has 5 heteroatoms. The molecular weight excluding hydrogens is 378 g/mol. The quantitative estimate of drug-likeness (QED) is 0.654. The topological polar surface area (TPSA) is 75.6 Å². The average molecular weight is 399 g/mol. The summed E-state index contributed by atoms with van der Waals surface area (Å²) in [6.07, 6.45) is 0.893. The highest BCUT2D eigenvalue weighted by atomic mass is 16.5. The number of hydrogen-bond acceptors (Lipinski definition) is 3. The summed E-state index contributed by atoms with van der Waals surface area (Å²) < 4.78 is 5.62. The molecule has 0 spiro atoms. The minimum absolute atomic E-state index is 0.00593. The molecule has 0 saturated heterocycles. The van der Waals surface area contributed by atoms with Crippen molar-refractivity contribution >= 4 is 12.1 Å². The van der Waals surface area contributed by atoms with Gasteiger partial charge in [-0.1, -0.05) is 60.7 Å². The second-order valence-corrected chi connectivity index (χ2v) is 7.74. The van der Waals surface area contributed by atoms with Crippen LogP contribution < -0.4 is 5.32 Å². The van der Waals surface area contributed by atoms with Crippen molar-refractivity contribution in [2.75, 3.05) is 6.61 Å². The zero-order chi connectivity index (χ0) is 20.7. The maximum absolute atomic E-state index is 12.6. The van der Waals surface area contributed by atoms with Crippen molar-refractivity contribution in [3.63, 3.8) is 0 Å². The first-order valence-electron chi connectivity index (χ1n) is 10.1. The van der Waals surface area contributed by atoms with Crippen LogP contribution in [0, 0.1) is 0 Å². The van der Waals surface area contributed by atoms with Crippen molar-refractivity contribution in [2.24, 2.45) is 0 Å². The fourth-order valence-corrected chi connectivity index (χ4v) is 4.80. The summed E-state index contributed by atoms with van der Waals surface area (Å²) in [7, 11) is 0. The van der Waals surface area contributed by atoms with Crippen LogP contribution in [0.1, 0.15) is 51.0 Å². The molecule has 3 aromatic rings. The predicted octanol–water partition coefficient (Wildman–Crippen LogP) is 4.91. The third-order valence-corrected chi connectivity index (χ3v) is 6.11. The SMILES string of the molecule is O=C(NC1CCc2cccc(C(=O)O)c21)OCC1c2ccccc2-c2ccccc21. The fraction of sp³-hybridized carbons (Fsp3) is 0.200. The second kappa shape index (κ2) is 7.34. The lowest BCUT2D eigenvalue weighted by Gasteiger charge is -2.18. The zero-order valence-electron chi connectivity index (χ0n) is 16.3. The highest BCUT2D eigenvalue weighted by Gasteiger charge is 2.31. The van der Waals surface area contributed by atoms with Crippen molar-refractivity contribution in [1.82, 2.24) is 5.32 Å². The summed E-state index contributed by atoms with van der Waals surface area (Å²) in [5.74, 6) is -0.985. The summed E-state index contributed by atoms with van der Waals surface area (Å²) >= 11 is 0. The Morgan fingerprint density at radius 1 is 0.933 bits per heavy atom. The summed E-state index contributed by atoms with van der Waals surface area (Å²) in [5, 5.41) is 12.4. The largest absolute Gasteiger partial charge is 0.478 e. The first-order chi connectivity index (χ1) is 14.6. The van der Waals surface area contributed by atoms with Gasteiger partial charge in [-0.3, -0.25) is 0 Å². The Bertz CT molecular complexity index is 1110. The lowest BCUT2D eigenvalue weighted by atomic mass is 9.98. The number of alkyl carbamates (subject to hydrolysis) is 1. The Morgan fingerprint density at radius 3 is 2.27 bits per heavy atom. The van der Waals surface area contributed by atoms with Gasteiger partial charge in [0.15, 0.2) is 0 Å². The summed E-state index contributed by atoms with van der Waals surface area (Å²) in [5.41, 5.74) is 6.58. The van der Waals surface area contributed by atoms with Gasteiger partial charge in [0.2, 0.25) is 0 Å². The minimum atomic E-state index is -0.979. The lowest BCUT2D eigenvalue weighted by molar-refractivity contribution is 0.0694. The van der Waals surface area contributed by atoms with Gasteiger partial charge in [0.1, 0.15) is 6.61 Å². The van der Waals surface area contributed by atoms with E-state index in [2.05, 4.69) is 29.6 Å². The lowest BCUT2D eigenvalue weighted by Crippen LogP contribution is -2.30. The third-order valence-electron chi connectivity index (χ3n) is 6.11. The molecule has 0 radical (unpaired) electrons. The number of ether oxygens (including phenoxy) is 1. The number of nitrogens with one attached hydrogen (secondary N) is 1. The summed E-state index contributed by atoms with van der Waals surface area (Å²) in [6, 6.07) is 21.3. The van der Waals surface area contributed by atoms with Gasteiger partial charge in [0.05, 0.1) is 11.6 Å². The van der Waals surface area contributed by atoms with E-state index in [1.54, 1.807) is 12.1 Å². The van der Waals surface area contributed by atoms with E-state index in [1.165, 1.54) is 11.1 Å². The molecule has 1 atom stereocenters. The molecule has 0 heterocycles. The highest BCUT2D eigenvalue weighted by molar-refractivity contribution is 5.90. The van der Waals surface area contributed by atoms with E-state index < -0.39 is 12.1 Å². The van der Waals surface area contributed by atoms with Gasteiger partial charge in [0.25, 0.3) is 0 Å². The van der Waals surface area contributed by atoms with Gasteiger partial charge in [-0.25, -0.2) is 9.59 Å². The molecule has 0 aliphatic heterocycles. The van der Waals surface area contributed by atoms with E-state index in [9.17, 15) is 14.7 Å². The highest BCUT2D eigenvalue weighted by Crippen LogP contribution is 2.44. The van der Waals surface area contributed by atoms with Crippen LogP contribution in [-0.2, 0) is 11.2 Å². The molecule has 5 rings (SSSR count). The number of carbonyl (C=O) groups excluding carboxylic acids is 1. The monoisotopic (exact) mass is 399 g/mol.